The highest BCUT2D eigenvalue weighted by Gasteiger charge is 2.06. The van der Waals surface area contributed by atoms with Gasteiger partial charge in [0.2, 0.25) is 7.98 Å². The maximum absolute atomic E-state index is 4.20. The Morgan fingerprint density at radius 2 is 1.83 bits per heavy atom. The van der Waals surface area contributed by atoms with Crippen LogP contribution in [-0.2, 0) is 7.05 Å². The summed E-state index contributed by atoms with van der Waals surface area (Å²) in [6.45, 7) is 0. The molecule has 0 spiro atoms. The molecule has 2 heterocycles. The van der Waals surface area contributed by atoms with Crippen LogP contribution in [0.1, 0.15) is 0 Å². The number of aryl methyl sites for hydroxylation is 1. The Bertz CT molecular complexity index is 351. The lowest BCUT2D eigenvalue weighted by atomic mass is 10.4. The minimum absolute atomic E-state index is 0.891. The molecule has 0 saturated heterocycles. The van der Waals surface area contributed by atoms with Gasteiger partial charge in [-0.3, -0.25) is 0 Å². The van der Waals surface area contributed by atoms with Gasteiger partial charge in [0.25, 0.3) is 0 Å². The zero-order valence-electron chi connectivity index (χ0n) is 7.10. The molecule has 12 heavy (non-hydrogen) atoms. The minimum Gasteiger partial charge on any atom is -0.380 e. The van der Waals surface area contributed by atoms with Gasteiger partial charge in [0.1, 0.15) is 0 Å². The molecule has 0 bridgehead atoms. The Morgan fingerprint density at radius 3 is 2.33 bits per heavy atom. The molecule has 0 fully saturated rings. The maximum atomic E-state index is 4.20. The van der Waals surface area contributed by atoms with Gasteiger partial charge in [-0.2, -0.15) is 0 Å². The maximum Gasteiger partial charge on any atom is 0.225 e. The van der Waals surface area contributed by atoms with E-state index in [0.717, 1.165) is 11.6 Å². The van der Waals surface area contributed by atoms with E-state index in [1.807, 2.05) is 36.5 Å². The van der Waals surface area contributed by atoms with Crippen LogP contribution in [0.15, 0.2) is 24.8 Å². The van der Waals surface area contributed by atoms with Gasteiger partial charge in [-0.15, -0.1) is 0 Å². The number of nitrogens with zero attached hydrogens (tertiary/aromatic N) is 4. The van der Waals surface area contributed by atoms with Crippen LogP contribution in [-0.4, -0.2) is 27.0 Å². The first kappa shape index (κ1) is 7.15. The van der Waals surface area contributed by atoms with Gasteiger partial charge in [0.05, 0.1) is 0 Å². The van der Waals surface area contributed by atoms with Crippen LogP contribution in [0.2, 0.25) is 0 Å². The largest absolute Gasteiger partial charge is 0.380 e. The first-order valence-corrected chi connectivity index (χ1v) is 3.74. The molecule has 5 heteroatoms. The second-order valence-corrected chi connectivity index (χ2v) is 2.72. The van der Waals surface area contributed by atoms with Gasteiger partial charge in [0, 0.05) is 31.8 Å². The van der Waals surface area contributed by atoms with Crippen molar-refractivity contribution in [2.24, 2.45) is 7.05 Å². The third kappa shape index (κ3) is 0.940. The van der Waals surface area contributed by atoms with Crippen LogP contribution in [0.3, 0.4) is 0 Å². The molecule has 0 saturated carbocycles. The van der Waals surface area contributed by atoms with Gasteiger partial charge in [0.15, 0.2) is 11.6 Å². The molecular formula is C7H9BN4. The highest BCUT2D eigenvalue weighted by Crippen LogP contribution is 2.11. The molecule has 0 aliphatic rings. The third-order valence-corrected chi connectivity index (χ3v) is 1.84. The molecule has 0 radical (unpaired) electrons. The lowest BCUT2D eigenvalue weighted by Crippen LogP contribution is -1.99. The molecule has 2 rings (SSSR count). The summed E-state index contributed by atoms with van der Waals surface area (Å²) in [6.07, 6.45) is 7.35. The second kappa shape index (κ2) is 2.51. The van der Waals surface area contributed by atoms with E-state index in [1.165, 1.54) is 0 Å². The summed E-state index contributed by atoms with van der Waals surface area (Å²) >= 11 is 0. The zero-order chi connectivity index (χ0) is 8.55. The SMILES string of the molecule is Bn1ccnc1-c1nccn1C. The first-order valence-electron chi connectivity index (χ1n) is 3.74. The van der Waals surface area contributed by atoms with E-state index >= 15 is 0 Å². The number of hydrogen-bond donors (Lipinski definition) is 0. The topological polar surface area (TPSA) is 35.6 Å². The van der Waals surface area contributed by atoms with E-state index in [0.29, 0.717) is 0 Å². The fraction of sp³-hybridized carbons (Fsp3) is 0.143. The highest BCUT2D eigenvalue weighted by molar-refractivity contribution is 6.08. The van der Waals surface area contributed by atoms with E-state index in [1.54, 1.807) is 12.4 Å². The van der Waals surface area contributed by atoms with Crippen LogP contribution in [0, 0.1) is 0 Å². The zero-order valence-corrected chi connectivity index (χ0v) is 7.10. The van der Waals surface area contributed by atoms with Crippen molar-refractivity contribution in [3.8, 4) is 11.6 Å². The predicted molar refractivity (Wildman–Crippen MR) is 48.4 cm³/mol. The van der Waals surface area contributed by atoms with E-state index in [9.17, 15) is 0 Å². The van der Waals surface area contributed by atoms with Crippen LogP contribution in [0.4, 0.5) is 0 Å². The van der Waals surface area contributed by atoms with Crippen molar-refractivity contribution in [2.45, 2.75) is 0 Å². The highest BCUT2D eigenvalue weighted by atomic mass is 15.1. The fourth-order valence-electron chi connectivity index (χ4n) is 1.16. The predicted octanol–water partition coefficient (Wildman–Crippen LogP) is -0.320. The van der Waals surface area contributed by atoms with Crippen molar-refractivity contribution in [3.63, 3.8) is 0 Å². The van der Waals surface area contributed by atoms with Crippen LogP contribution >= 0.6 is 0 Å². The van der Waals surface area contributed by atoms with E-state index < -0.39 is 0 Å². The summed E-state index contributed by atoms with van der Waals surface area (Å²) in [4.78, 5) is 8.40. The monoisotopic (exact) mass is 160 g/mol. The van der Waals surface area contributed by atoms with Gasteiger partial charge in [-0.25, -0.2) is 9.97 Å². The lowest BCUT2D eigenvalue weighted by molar-refractivity contribution is 0.907. The molecule has 0 aromatic carbocycles. The fourth-order valence-corrected chi connectivity index (χ4v) is 1.16. The number of imidazole rings is 2. The molecule has 2 aromatic rings. The van der Waals surface area contributed by atoms with Crippen LogP contribution < -0.4 is 0 Å². The van der Waals surface area contributed by atoms with Crippen LogP contribution in [0.5, 0.6) is 0 Å². The summed E-state index contributed by atoms with van der Waals surface area (Å²) in [5.41, 5.74) is 0. The Labute approximate surface area is 71.3 Å². The second-order valence-electron chi connectivity index (χ2n) is 2.72. The standard InChI is InChI=1S/C7H9BN4/c1-11-4-2-9-6(11)7-10-3-5-12(7)8/h2-5H,8H2,1H3. The normalized spacial score (nSPS) is 10.4. The van der Waals surface area contributed by atoms with Gasteiger partial charge >= 0.3 is 0 Å². The van der Waals surface area contributed by atoms with Crippen molar-refractivity contribution < 1.29 is 0 Å². The van der Waals surface area contributed by atoms with Crippen molar-refractivity contribution in [3.05, 3.63) is 24.8 Å². The quantitative estimate of drug-likeness (QED) is 0.536. The Hall–Kier alpha value is -1.52. The lowest BCUT2D eigenvalue weighted by Gasteiger charge is -2.00. The third-order valence-electron chi connectivity index (χ3n) is 1.84. The van der Waals surface area contributed by atoms with Gasteiger partial charge in [-0.05, 0) is 0 Å². The molecule has 0 amide bonds. The molecule has 0 N–H and O–H groups in total. The van der Waals surface area contributed by atoms with Crippen molar-refractivity contribution >= 4 is 7.98 Å². The van der Waals surface area contributed by atoms with Crippen molar-refractivity contribution in [1.29, 1.82) is 0 Å². The summed E-state index contributed by atoms with van der Waals surface area (Å²) in [5, 5.41) is 0. The molecule has 60 valence electrons. The molecule has 0 aliphatic heterocycles. The average Bonchev–Trinajstić information content (AvgIpc) is 2.59. The Kier molecular flexibility index (Phi) is 1.50. The van der Waals surface area contributed by atoms with Crippen molar-refractivity contribution in [2.75, 3.05) is 0 Å². The number of rotatable bonds is 1. The Morgan fingerprint density at radius 1 is 1.17 bits per heavy atom. The summed E-state index contributed by atoms with van der Waals surface area (Å²) in [7, 11) is 3.91. The van der Waals surface area contributed by atoms with Gasteiger partial charge in [-0.1, -0.05) is 0 Å². The minimum atomic E-state index is 0.891. The molecule has 2 aromatic heterocycles. The Balaban J connectivity index is 2.57. The van der Waals surface area contributed by atoms with Crippen LogP contribution in [0.25, 0.3) is 11.6 Å². The van der Waals surface area contributed by atoms with E-state index in [4.69, 9.17) is 0 Å². The van der Waals surface area contributed by atoms with E-state index in [-0.39, 0.29) is 0 Å². The summed E-state index contributed by atoms with van der Waals surface area (Å²) in [5.74, 6) is 1.78. The first-order chi connectivity index (χ1) is 5.79. The smallest absolute Gasteiger partial charge is 0.225 e. The molecule has 0 atom stereocenters. The summed E-state index contributed by atoms with van der Waals surface area (Å²) in [6, 6.07) is 0. The molecular weight excluding hydrogens is 151 g/mol. The molecule has 0 unspecified atom stereocenters. The summed E-state index contributed by atoms with van der Waals surface area (Å²) < 4.78 is 3.89. The average molecular weight is 160 g/mol. The van der Waals surface area contributed by atoms with Crippen molar-refractivity contribution in [1.82, 2.24) is 19.0 Å². The number of aromatic nitrogens is 4. The molecule has 4 nitrogen and oxygen atoms in total. The molecule has 0 aliphatic carbocycles. The van der Waals surface area contributed by atoms with Gasteiger partial charge < -0.3 is 9.05 Å². The number of hydrogen-bond acceptors (Lipinski definition) is 2. The van der Waals surface area contributed by atoms with E-state index in [2.05, 4.69) is 9.97 Å².